The molecule has 0 spiro atoms. The van der Waals surface area contributed by atoms with Crippen LogP contribution in [0.5, 0.6) is 0 Å². The van der Waals surface area contributed by atoms with Gasteiger partial charge in [-0.1, -0.05) is 11.6 Å². The largest absolute Gasteiger partial charge is 0.445 e. The van der Waals surface area contributed by atoms with E-state index in [1.807, 2.05) is 4.90 Å². The van der Waals surface area contributed by atoms with E-state index in [0.717, 1.165) is 37.3 Å². The number of sulfonamides is 1. The van der Waals surface area contributed by atoms with Gasteiger partial charge in [-0.15, -0.1) is 11.3 Å². The monoisotopic (exact) mass is 443 g/mol. The first-order valence-corrected chi connectivity index (χ1v) is 12.0. The van der Waals surface area contributed by atoms with E-state index >= 15 is 0 Å². The number of amides is 1. The summed E-state index contributed by atoms with van der Waals surface area (Å²) in [6.45, 7) is 4.07. The molecule has 2 aliphatic rings. The van der Waals surface area contributed by atoms with Crippen molar-refractivity contribution in [1.29, 1.82) is 0 Å². The number of hydrogen-bond donors (Lipinski definition) is 0. The number of aryl methyl sites for hydroxylation is 1. The van der Waals surface area contributed by atoms with Gasteiger partial charge >= 0.3 is 0 Å². The van der Waals surface area contributed by atoms with Gasteiger partial charge in [0.1, 0.15) is 9.97 Å². The molecular formula is C18H22ClN3O4S2. The molecule has 10 heteroatoms. The Morgan fingerprint density at radius 3 is 2.50 bits per heavy atom. The molecule has 2 fully saturated rings. The van der Waals surface area contributed by atoms with Gasteiger partial charge in [0, 0.05) is 32.1 Å². The number of likely N-dealkylation sites (tertiary alicyclic amines) is 1. The van der Waals surface area contributed by atoms with Gasteiger partial charge in [0.05, 0.1) is 4.34 Å². The minimum Gasteiger partial charge on any atom is -0.445 e. The molecule has 28 heavy (non-hydrogen) atoms. The van der Waals surface area contributed by atoms with Crippen molar-refractivity contribution in [2.24, 2.45) is 0 Å². The summed E-state index contributed by atoms with van der Waals surface area (Å²) in [5.41, 5.74) is 0.389. The van der Waals surface area contributed by atoms with E-state index in [2.05, 4.69) is 4.98 Å². The summed E-state index contributed by atoms with van der Waals surface area (Å²) in [5, 5.41) is 0. The standard InChI is InChI=1S/C18H22ClN3O4S2/c1-12-16(18(23)21-8-2-3-9-21)20-17(26-12)13-6-10-22(11-7-13)28(24,25)15-5-4-14(19)27-15/h4-5,13H,2-3,6-11H2,1H3. The number of oxazole rings is 1. The fourth-order valence-corrected chi connectivity index (χ4v) is 6.87. The third-order valence-corrected chi connectivity index (χ3v) is 8.95. The van der Waals surface area contributed by atoms with E-state index in [1.165, 1.54) is 4.31 Å². The Hall–Kier alpha value is -1.42. The average molecular weight is 444 g/mol. The van der Waals surface area contributed by atoms with Crippen LogP contribution in [-0.2, 0) is 10.0 Å². The Morgan fingerprint density at radius 1 is 1.21 bits per heavy atom. The van der Waals surface area contributed by atoms with E-state index in [1.54, 1.807) is 19.1 Å². The number of carbonyl (C=O) groups excluding carboxylic acids is 1. The lowest BCUT2D eigenvalue weighted by molar-refractivity contribution is 0.0786. The van der Waals surface area contributed by atoms with Crippen molar-refractivity contribution in [3.63, 3.8) is 0 Å². The topological polar surface area (TPSA) is 83.7 Å². The second-order valence-electron chi connectivity index (χ2n) is 7.19. The summed E-state index contributed by atoms with van der Waals surface area (Å²) in [7, 11) is -3.52. The maximum Gasteiger partial charge on any atom is 0.276 e. The third kappa shape index (κ3) is 3.72. The quantitative estimate of drug-likeness (QED) is 0.722. The molecule has 2 saturated heterocycles. The van der Waals surface area contributed by atoms with Crippen LogP contribution in [-0.4, -0.2) is 54.7 Å². The Balaban J connectivity index is 1.44. The van der Waals surface area contributed by atoms with Crippen molar-refractivity contribution in [2.75, 3.05) is 26.2 Å². The van der Waals surface area contributed by atoms with Crippen LogP contribution in [0.3, 0.4) is 0 Å². The second kappa shape index (κ2) is 7.78. The van der Waals surface area contributed by atoms with Crippen molar-refractivity contribution in [3.8, 4) is 0 Å². The van der Waals surface area contributed by atoms with Gasteiger partial charge in [0.15, 0.2) is 11.6 Å². The van der Waals surface area contributed by atoms with Crippen molar-refractivity contribution in [2.45, 2.75) is 42.7 Å². The van der Waals surface area contributed by atoms with E-state index in [0.29, 0.717) is 47.6 Å². The zero-order chi connectivity index (χ0) is 19.9. The predicted octanol–water partition coefficient (Wildman–Crippen LogP) is 3.50. The molecule has 2 aromatic heterocycles. The molecule has 1 amide bonds. The average Bonchev–Trinajstić information content (AvgIpc) is 3.42. The zero-order valence-corrected chi connectivity index (χ0v) is 17.9. The lowest BCUT2D eigenvalue weighted by Crippen LogP contribution is -2.37. The summed E-state index contributed by atoms with van der Waals surface area (Å²) in [6, 6.07) is 3.14. The highest BCUT2D eigenvalue weighted by Crippen LogP contribution is 2.34. The number of thiophene rings is 1. The summed E-state index contributed by atoms with van der Waals surface area (Å²) in [5.74, 6) is 1.02. The van der Waals surface area contributed by atoms with Crippen LogP contribution in [0.15, 0.2) is 20.8 Å². The van der Waals surface area contributed by atoms with E-state index < -0.39 is 10.0 Å². The Bertz CT molecular complexity index is 971. The summed E-state index contributed by atoms with van der Waals surface area (Å²) in [4.78, 5) is 18.9. The normalized spacial score (nSPS) is 19.4. The van der Waals surface area contributed by atoms with E-state index in [4.69, 9.17) is 16.0 Å². The van der Waals surface area contributed by atoms with E-state index in [-0.39, 0.29) is 16.0 Å². The van der Waals surface area contributed by atoms with Crippen molar-refractivity contribution < 1.29 is 17.6 Å². The summed E-state index contributed by atoms with van der Waals surface area (Å²) >= 11 is 6.95. The highest BCUT2D eigenvalue weighted by atomic mass is 35.5. The smallest absolute Gasteiger partial charge is 0.276 e. The predicted molar refractivity (Wildman–Crippen MR) is 106 cm³/mol. The van der Waals surface area contributed by atoms with Gasteiger partial charge < -0.3 is 9.32 Å². The molecule has 4 heterocycles. The Morgan fingerprint density at radius 2 is 1.89 bits per heavy atom. The van der Waals surface area contributed by atoms with Crippen LogP contribution in [0.4, 0.5) is 0 Å². The van der Waals surface area contributed by atoms with Gasteiger partial charge in [0.25, 0.3) is 15.9 Å². The number of piperidine rings is 1. The van der Waals surface area contributed by atoms with Crippen LogP contribution in [0.2, 0.25) is 4.34 Å². The van der Waals surface area contributed by atoms with E-state index in [9.17, 15) is 13.2 Å². The maximum atomic E-state index is 12.7. The van der Waals surface area contributed by atoms with Gasteiger partial charge in [-0.3, -0.25) is 4.79 Å². The molecule has 0 unspecified atom stereocenters. The molecule has 152 valence electrons. The first kappa shape index (κ1) is 19.9. The van der Waals surface area contributed by atoms with Crippen LogP contribution >= 0.6 is 22.9 Å². The Labute approximate surface area is 173 Å². The van der Waals surface area contributed by atoms with Gasteiger partial charge in [-0.2, -0.15) is 4.31 Å². The SMILES string of the molecule is Cc1oc(C2CCN(S(=O)(=O)c3ccc(Cl)s3)CC2)nc1C(=O)N1CCCC1. The summed E-state index contributed by atoms with van der Waals surface area (Å²) < 4.78 is 33.5. The highest BCUT2D eigenvalue weighted by Gasteiger charge is 2.34. The van der Waals surface area contributed by atoms with Gasteiger partial charge in [-0.05, 0) is 44.7 Å². The van der Waals surface area contributed by atoms with Crippen molar-refractivity contribution in [3.05, 3.63) is 33.8 Å². The molecule has 2 aromatic rings. The highest BCUT2D eigenvalue weighted by molar-refractivity contribution is 7.91. The molecule has 4 rings (SSSR count). The maximum absolute atomic E-state index is 12.7. The third-order valence-electron chi connectivity index (χ3n) is 5.35. The molecule has 0 aromatic carbocycles. The number of hydrogen-bond acceptors (Lipinski definition) is 6. The molecule has 0 bridgehead atoms. The van der Waals surface area contributed by atoms with Crippen molar-refractivity contribution in [1.82, 2.24) is 14.2 Å². The lowest BCUT2D eigenvalue weighted by atomic mass is 9.98. The number of nitrogens with zero attached hydrogens (tertiary/aromatic N) is 3. The van der Waals surface area contributed by atoms with Crippen LogP contribution in [0.25, 0.3) is 0 Å². The minimum atomic E-state index is -3.52. The van der Waals surface area contributed by atoms with Crippen LogP contribution in [0, 0.1) is 6.92 Å². The Kier molecular flexibility index (Phi) is 5.52. The molecule has 0 atom stereocenters. The molecule has 0 radical (unpaired) electrons. The second-order valence-corrected chi connectivity index (χ2v) is 11.1. The summed E-state index contributed by atoms with van der Waals surface area (Å²) in [6.07, 6.45) is 3.26. The van der Waals surface area contributed by atoms with Crippen LogP contribution in [0.1, 0.15) is 53.7 Å². The number of halogens is 1. The van der Waals surface area contributed by atoms with Gasteiger partial charge in [0.2, 0.25) is 0 Å². The zero-order valence-electron chi connectivity index (χ0n) is 15.6. The fraction of sp³-hybridized carbons (Fsp3) is 0.556. The first-order chi connectivity index (χ1) is 13.4. The van der Waals surface area contributed by atoms with Crippen LogP contribution < -0.4 is 0 Å². The van der Waals surface area contributed by atoms with Gasteiger partial charge in [-0.25, -0.2) is 13.4 Å². The first-order valence-electron chi connectivity index (χ1n) is 9.38. The minimum absolute atomic E-state index is 0.0113. The molecule has 0 saturated carbocycles. The molecule has 0 aliphatic carbocycles. The molecule has 7 nitrogen and oxygen atoms in total. The molecule has 0 N–H and O–H groups in total. The van der Waals surface area contributed by atoms with Crippen molar-refractivity contribution >= 4 is 38.9 Å². The lowest BCUT2D eigenvalue weighted by Gasteiger charge is -2.29. The number of carbonyl (C=O) groups is 1. The number of aromatic nitrogens is 1. The number of rotatable bonds is 4. The fourth-order valence-electron chi connectivity index (χ4n) is 3.77. The molecular weight excluding hydrogens is 422 g/mol. The molecule has 2 aliphatic heterocycles.